The topological polar surface area (TPSA) is 0 Å². The Bertz CT molecular complexity index is 1510. The lowest BCUT2D eigenvalue weighted by Crippen LogP contribution is -2.38. The van der Waals surface area contributed by atoms with E-state index in [9.17, 15) is 0 Å². The molecule has 0 atom stereocenters. The second-order valence-corrected chi connectivity index (χ2v) is 16.5. The minimum atomic E-state index is -1.53. The van der Waals surface area contributed by atoms with Gasteiger partial charge >= 0.3 is 0 Å². The molecule has 5 aromatic carbocycles. The summed E-state index contributed by atoms with van der Waals surface area (Å²) in [5, 5.41) is 6.88. The Balaban J connectivity index is 1.98. The second kappa shape index (κ2) is 8.25. The Kier molecular flexibility index (Phi) is 5.49. The largest absolute Gasteiger partial charge is 0.0784 e. The van der Waals surface area contributed by atoms with Crippen LogP contribution in [0.2, 0.25) is 19.6 Å². The smallest absolute Gasteiger partial charge is 0.0656 e. The summed E-state index contributed by atoms with van der Waals surface area (Å²) in [6.07, 6.45) is 0. The number of hydrogen-bond donors (Lipinski definition) is 0. The van der Waals surface area contributed by atoms with Crippen molar-refractivity contribution in [2.75, 3.05) is 0 Å². The van der Waals surface area contributed by atoms with Crippen molar-refractivity contribution < 1.29 is 0 Å². The van der Waals surface area contributed by atoms with Crippen molar-refractivity contribution in [1.29, 1.82) is 0 Å². The van der Waals surface area contributed by atoms with E-state index in [1.54, 1.807) is 0 Å². The lowest BCUT2D eigenvalue weighted by molar-refractivity contribution is 0.598. The molecule has 5 aromatic rings. The van der Waals surface area contributed by atoms with Crippen molar-refractivity contribution in [2.24, 2.45) is 0 Å². The van der Waals surface area contributed by atoms with Crippen LogP contribution in [-0.2, 0) is 5.41 Å². The summed E-state index contributed by atoms with van der Waals surface area (Å²) >= 11 is 0. The van der Waals surface area contributed by atoms with E-state index in [2.05, 4.69) is 137 Å². The van der Waals surface area contributed by atoms with Crippen molar-refractivity contribution in [3.8, 4) is 22.3 Å². The van der Waals surface area contributed by atoms with Crippen molar-refractivity contribution in [3.63, 3.8) is 0 Å². The molecule has 0 fully saturated rings. The van der Waals surface area contributed by atoms with E-state index in [1.807, 2.05) is 0 Å². The van der Waals surface area contributed by atoms with Crippen LogP contribution in [0.15, 0.2) is 97.1 Å². The Hall–Kier alpha value is -3.16. The summed E-state index contributed by atoms with van der Waals surface area (Å²) in [6, 6.07) is 36.0. The number of hydrogen-bond acceptors (Lipinski definition) is 0. The third-order valence-corrected chi connectivity index (χ3v) is 8.96. The molecule has 34 heavy (non-hydrogen) atoms. The molecule has 0 N–H and O–H groups in total. The highest BCUT2D eigenvalue weighted by Gasteiger charge is 2.27. The van der Waals surface area contributed by atoms with Gasteiger partial charge in [0.2, 0.25) is 0 Å². The molecular formula is C33H34Si. The van der Waals surface area contributed by atoms with Crippen LogP contribution in [0.1, 0.15) is 26.3 Å². The fourth-order valence-corrected chi connectivity index (χ4v) is 7.13. The Morgan fingerprint density at radius 2 is 0.912 bits per heavy atom. The average molecular weight is 459 g/mol. The summed E-state index contributed by atoms with van der Waals surface area (Å²) in [5.41, 5.74) is 6.85. The zero-order valence-corrected chi connectivity index (χ0v) is 22.2. The first-order valence-corrected chi connectivity index (χ1v) is 15.8. The van der Waals surface area contributed by atoms with Gasteiger partial charge in [0, 0.05) is 0 Å². The van der Waals surface area contributed by atoms with Gasteiger partial charge < -0.3 is 0 Å². The zero-order chi connectivity index (χ0) is 24.1. The third-order valence-electron chi connectivity index (χ3n) is 6.90. The van der Waals surface area contributed by atoms with Crippen molar-refractivity contribution in [1.82, 2.24) is 0 Å². The summed E-state index contributed by atoms with van der Waals surface area (Å²) in [7, 11) is -1.53. The normalized spacial score (nSPS) is 12.4. The Morgan fingerprint density at radius 3 is 1.50 bits per heavy atom. The van der Waals surface area contributed by atoms with E-state index in [0.717, 1.165) is 0 Å². The predicted molar refractivity (Wildman–Crippen MR) is 154 cm³/mol. The molecule has 0 heterocycles. The van der Waals surface area contributed by atoms with E-state index in [0.29, 0.717) is 0 Å². The fraction of sp³-hybridized carbons (Fsp3) is 0.212. The van der Waals surface area contributed by atoms with Crippen LogP contribution in [0.5, 0.6) is 0 Å². The van der Waals surface area contributed by atoms with Gasteiger partial charge in [-0.1, -0.05) is 143 Å². The quantitative estimate of drug-likeness (QED) is 0.187. The molecule has 0 amide bonds. The third kappa shape index (κ3) is 3.78. The van der Waals surface area contributed by atoms with E-state index in [1.165, 1.54) is 54.5 Å². The van der Waals surface area contributed by atoms with Crippen LogP contribution in [-0.4, -0.2) is 8.07 Å². The molecule has 0 aliphatic rings. The molecule has 0 aliphatic carbocycles. The molecule has 1 heteroatoms. The van der Waals surface area contributed by atoms with Gasteiger partial charge in [0.1, 0.15) is 0 Å². The van der Waals surface area contributed by atoms with E-state index in [-0.39, 0.29) is 5.41 Å². The number of fused-ring (bicyclic) bond motifs is 3. The first-order valence-electron chi connectivity index (χ1n) is 12.3. The van der Waals surface area contributed by atoms with Crippen LogP contribution in [0.4, 0.5) is 0 Å². The van der Waals surface area contributed by atoms with Crippen LogP contribution >= 0.6 is 0 Å². The molecule has 0 saturated carbocycles. The highest BCUT2D eigenvalue weighted by Crippen LogP contribution is 2.46. The summed E-state index contributed by atoms with van der Waals surface area (Å²) < 4.78 is 0. The van der Waals surface area contributed by atoms with Crippen LogP contribution < -0.4 is 5.19 Å². The van der Waals surface area contributed by atoms with Crippen molar-refractivity contribution in [2.45, 2.75) is 45.8 Å². The van der Waals surface area contributed by atoms with E-state index in [4.69, 9.17) is 0 Å². The van der Waals surface area contributed by atoms with Crippen molar-refractivity contribution >= 4 is 34.8 Å². The SMILES string of the molecule is CC(C)(C)c1c(-c2ccccc2-c2ccccc2[Si](C)(C)C)c2ccccc2c2ccccc12. The molecule has 0 aliphatic heterocycles. The van der Waals surface area contributed by atoms with Crippen LogP contribution in [0.3, 0.4) is 0 Å². The van der Waals surface area contributed by atoms with E-state index < -0.39 is 8.07 Å². The fourth-order valence-electron chi connectivity index (χ4n) is 5.51. The first-order chi connectivity index (χ1) is 16.2. The van der Waals surface area contributed by atoms with E-state index >= 15 is 0 Å². The van der Waals surface area contributed by atoms with Gasteiger partial charge in [0.15, 0.2) is 0 Å². The van der Waals surface area contributed by atoms with Crippen molar-refractivity contribution in [3.05, 3.63) is 103 Å². The molecule has 0 saturated heterocycles. The molecule has 5 rings (SSSR count). The van der Waals surface area contributed by atoms with Crippen LogP contribution in [0, 0.1) is 0 Å². The highest BCUT2D eigenvalue weighted by atomic mass is 28.3. The van der Waals surface area contributed by atoms with Gasteiger partial charge in [-0.05, 0) is 54.8 Å². The minimum absolute atomic E-state index is 0.00955. The molecule has 0 spiro atoms. The standard InChI is InChI=1S/C33H34Si/c1-33(2,3)32-29-21-12-9-16-24(29)23-15-7-10-19-27(23)31(32)28-20-11-8-17-25(28)26-18-13-14-22-30(26)34(4,5)6/h7-22H,1-6H3. The zero-order valence-electron chi connectivity index (χ0n) is 21.2. The molecule has 0 aromatic heterocycles. The molecule has 0 unspecified atom stereocenters. The Morgan fingerprint density at radius 1 is 0.471 bits per heavy atom. The van der Waals surface area contributed by atoms with Gasteiger partial charge in [-0.25, -0.2) is 0 Å². The van der Waals surface area contributed by atoms with Gasteiger partial charge in [-0.2, -0.15) is 0 Å². The van der Waals surface area contributed by atoms with Gasteiger partial charge in [-0.15, -0.1) is 0 Å². The maximum Gasteiger partial charge on any atom is 0.0784 e. The van der Waals surface area contributed by atoms with Gasteiger partial charge in [0.25, 0.3) is 0 Å². The van der Waals surface area contributed by atoms with Crippen LogP contribution in [0.25, 0.3) is 43.8 Å². The number of benzene rings is 5. The predicted octanol–water partition coefficient (Wildman–Crippen LogP) is 9.17. The average Bonchev–Trinajstić information content (AvgIpc) is 2.82. The summed E-state index contributed by atoms with van der Waals surface area (Å²) in [4.78, 5) is 0. The molecular weight excluding hydrogens is 424 g/mol. The minimum Gasteiger partial charge on any atom is -0.0656 e. The van der Waals surface area contributed by atoms with Gasteiger partial charge in [0.05, 0.1) is 8.07 Å². The number of rotatable bonds is 3. The maximum atomic E-state index is 2.44. The summed E-state index contributed by atoms with van der Waals surface area (Å²) in [5.74, 6) is 0. The highest BCUT2D eigenvalue weighted by molar-refractivity contribution is 6.89. The maximum absolute atomic E-state index is 2.44. The molecule has 0 bridgehead atoms. The molecule has 0 nitrogen and oxygen atoms in total. The Labute approximate surface area is 205 Å². The monoisotopic (exact) mass is 458 g/mol. The molecule has 170 valence electrons. The van der Waals surface area contributed by atoms with Gasteiger partial charge in [-0.3, -0.25) is 0 Å². The molecule has 0 radical (unpaired) electrons. The lowest BCUT2D eigenvalue weighted by atomic mass is 9.75. The summed E-state index contributed by atoms with van der Waals surface area (Å²) in [6.45, 7) is 14.4. The first kappa shape index (κ1) is 22.6. The lowest BCUT2D eigenvalue weighted by Gasteiger charge is -2.29. The second-order valence-electron chi connectivity index (χ2n) is 11.4.